The molecule has 8 aromatic rings. The molecule has 0 saturated heterocycles. The van der Waals surface area contributed by atoms with E-state index in [-0.39, 0.29) is 33.9 Å². The molecule has 0 unspecified atom stereocenters. The van der Waals surface area contributed by atoms with E-state index in [4.69, 9.17) is 4.42 Å². The number of anilines is 3. The van der Waals surface area contributed by atoms with E-state index in [1.54, 1.807) is 0 Å². The maximum Gasteiger partial charge on any atom is 0.375 e. The molecule has 0 radical (unpaired) electrons. The maximum atomic E-state index is 7.63. The summed E-state index contributed by atoms with van der Waals surface area (Å²) in [5.41, 5.74) is 22.7. The third-order valence-corrected chi connectivity index (χ3v) is 15.3. The van der Waals surface area contributed by atoms with Gasteiger partial charge in [-0.2, -0.15) is 0 Å². The highest BCUT2D eigenvalue weighted by Crippen LogP contribution is 2.54. The van der Waals surface area contributed by atoms with Crippen LogP contribution in [0.2, 0.25) is 0 Å². The fourth-order valence-electron chi connectivity index (χ4n) is 11.4. The van der Waals surface area contributed by atoms with Crippen LogP contribution in [0.1, 0.15) is 136 Å². The molecule has 0 bridgehead atoms. The molecule has 11 rings (SSSR count). The standard InChI is InChI=1S/C59H63BN2O/c1-34-26-41-43-31-38(57(8,9)10)30-42-40-29-37(56(5,6)7)21-23-48(40)62(52(42)43)60-51(41)49(27-34)61(47-22-20-36(55(2,3)4)28-39(47)35-18-16-15-17-19-35)53-44-32-45-46(33-50(44)63-54(53)60)59(13,14)25-24-58(45,11)12/h15-23,26-33H,24-25H2,1-14H3. The summed E-state index contributed by atoms with van der Waals surface area (Å²) in [4.78, 5) is 2.62. The third kappa shape index (κ3) is 5.85. The second kappa shape index (κ2) is 12.8. The van der Waals surface area contributed by atoms with Crippen molar-refractivity contribution in [2.75, 3.05) is 4.90 Å². The van der Waals surface area contributed by atoms with Gasteiger partial charge in [0, 0.05) is 44.0 Å². The topological polar surface area (TPSA) is 21.3 Å². The number of nitrogens with zero attached hydrogens (tertiary/aromatic N) is 2. The average molecular weight is 827 g/mol. The van der Waals surface area contributed by atoms with Crippen molar-refractivity contribution in [2.24, 2.45) is 0 Å². The van der Waals surface area contributed by atoms with Crippen molar-refractivity contribution in [1.82, 2.24) is 4.48 Å². The molecule has 6 aromatic carbocycles. The Morgan fingerprint density at radius 3 is 1.83 bits per heavy atom. The minimum absolute atomic E-state index is 0.0113. The van der Waals surface area contributed by atoms with Crippen molar-refractivity contribution >= 4 is 67.8 Å². The summed E-state index contributed by atoms with van der Waals surface area (Å²) in [6.07, 6.45) is 2.31. The van der Waals surface area contributed by atoms with Crippen molar-refractivity contribution in [3.63, 3.8) is 0 Å². The second-order valence-corrected chi connectivity index (χ2v) is 23.8. The van der Waals surface area contributed by atoms with Gasteiger partial charge < -0.3 is 13.8 Å². The zero-order valence-electron chi connectivity index (χ0n) is 40.1. The van der Waals surface area contributed by atoms with E-state index in [9.17, 15) is 0 Å². The van der Waals surface area contributed by atoms with Crippen LogP contribution in [0.4, 0.5) is 17.1 Å². The van der Waals surface area contributed by atoms with Gasteiger partial charge in [0.15, 0.2) is 0 Å². The molecule has 63 heavy (non-hydrogen) atoms. The Labute approximate surface area is 375 Å². The van der Waals surface area contributed by atoms with E-state index in [0.717, 1.165) is 29.8 Å². The molecule has 3 nitrogen and oxygen atoms in total. The number of hydrogen-bond acceptors (Lipinski definition) is 2. The van der Waals surface area contributed by atoms with Crippen molar-refractivity contribution in [3.05, 3.63) is 137 Å². The van der Waals surface area contributed by atoms with Crippen LogP contribution in [-0.2, 0) is 27.1 Å². The first-order chi connectivity index (χ1) is 29.5. The molecule has 2 aliphatic heterocycles. The van der Waals surface area contributed by atoms with Crippen LogP contribution in [0.15, 0.2) is 108 Å². The molecule has 0 atom stereocenters. The number of aryl methyl sites for hydroxylation is 1. The van der Waals surface area contributed by atoms with E-state index < -0.39 is 0 Å². The monoisotopic (exact) mass is 827 g/mol. The molecular weight excluding hydrogens is 763 g/mol. The predicted molar refractivity (Wildman–Crippen MR) is 271 cm³/mol. The highest BCUT2D eigenvalue weighted by molar-refractivity contribution is 6.89. The summed E-state index contributed by atoms with van der Waals surface area (Å²) < 4.78 is 10.3. The van der Waals surface area contributed by atoms with Gasteiger partial charge in [0.05, 0.1) is 11.4 Å². The molecule has 0 spiro atoms. The van der Waals surface area contributed by atoms with E-state index in [2.05, 4.69) is 209 Å². The predicted octanol–water partition coefficient (Wildman–Crippen LogP) is 15.2. The van der Waals surface area contributed by atoms with Crippen molar-refractivity contribution < 1.29 is 4.42 Å². The first kappa shape index (κ1) is 40.3. The Hall–Kier alpha value is -5.48. The Balaban J connectivity index is 1.33. The van der Waals surface area contributed by atoms with Gasteiger partial charge in [0.2, 0.25) is 0 Å². The summed E-state index contributed by atoms with van der Waals surface area (Å²) in [6.45, 7) is 32.9. The highest BCUT2D eigenvalue weighted by atomic mass is 16.3. The summed E-state index contributed by atoms with van der Waals surface area (Å²) in [7, 11) is 0. The molecule has 0 N–H and O–H groups in total. The fraction of sp³-hybridized carbons (Fsp3) is 0.356. The first-order valence-electron chi connectivity index (χ1n) is 23.4. The highest BCUT2D eigenvalue weighted by Gasteiger charge is 2.48. The van der Waals surface area contributed by atoms with Gasteiger partial charge in [0.1, 0.15) is 11.2 Å². The van der Waals surface area contributed by atoms with E-state index in [0.29, 0.717) is 0 Å². The van der Waals surface area contributed by atoms with Gasteiger partial charge in [-0.15, -0.1) is 0 Å². The molecule has 4 heteroatoms. The minimum Gasteiger partial charge on any atom is -0.466 e. The molecule has 1 aliphatic carbocycles. The number of furan rings is 1. The first-order valence-corrected chi connectivity index (χ1v) is 23.4. The van der Waals surface area contributed by atoms with Crippen molar-refractivity contribution in [1.29, 1.82) is 0 Å². The van der Waals surface area contributed by atoms with Gasteiger partial charge in [0.25, 0.3) is 0 Å². The summed E-state index contributed by atoms with van der Waals surface area (Å²) in [6, 6.07) is 40.4. The van der Waals surface area contributed by atoms with E-state index in [1.807, 2.05) is 0 Å². The Bertz CT molecular complexity index is 3240. The molecule has 318 valence electrons. The van der Waals surface area contributed by atoms with E-state index in [1.165, 1.54) is 99.7 Å². The van der Waals surface area contributed by atoms with Crippen LogP contribution in [0.3, 0.4) is 0 Å². The lowest BCUT2D eigenvalue weighted by Crippen LogP contribution is -2.56. The van der Waals surface area contributed by atoms with Gasteiger partial charge >= 0.3 is 6.85 Å². The Morgan fingerprint density at radius 2 is 1.16 bits per heavy atom. The van der Waals surface area contributed by atoms with Crippen molar-refractivity contribution in [3.8, 4) is 22.3 Å². The zero-order valence-corrected chi connectivity index (χ0v) is 40.1. The fourth-order valence-corrected chi connectivity index (χ4v) is 11.4. The van der Waals surface area contributed by atoms with Crippen LogP contribution in [0.5, 0.6) is 0 Å². The van der Waals surface area contributed by atoms with Crippen LogP contribution in [-0.4, -0.2) is 11.3 Å². The largest absolute Gasteiger partial charge is 0.466 e. The Morgan fingerprint density at radius 1 is 0.556 bits per heavy atom. The van der Waals surface area contributed by atoms with Gasteiger partial charge in [-0.1, -0.05) is 139 Å². The lowest BCUT2D eigenvalue weighted by Gasteiger charge is -2.42. The molecule has 4 heterocycles. The number of rotatable bonds is 2. The van der Waals surface area contributed by atoms with Gasteiger partial charge in [-0.25, -0.2) is 0 Å². The quantitative estimate of drug-likeness (QED) is 0.162. The minimum atomic E-state index is -0.171. The average Bonchev–Trinajstić information content (AvgIpc) is 3.75. The molecule has 0 saturated carbocycles. The van der Waals surface area contributed by atoms with Crippen molar-refractivity contribution in [2.45, 2.75) is 137 Å². The molecule has 0 amide bonds. The normalized spacial score (nSPS) is 16.5. The second-order valence-electron chi connectivity index (χ2n) is 23.8. The third-order valence-electron chi connectivity index (χ3n) is 15.3. The van der Waals surface area contributed by atoms with Gasteiger partial charge in [-0.05, 0) is 151 Å². The summed E-state index contributed by atoms with van der Waals surface area (Å²) in [5, 5.41) is 3.84. The summed E-state index contributed by atoms with van der Waals surface area (Å²) >= 11 is 0. The number of benzene rings is 6. The zero-order chi connectivity index (χ0) is 44.5. The SMILES string of the molecule is Cc1cc2c3c(c1)N(c1ccc(C(C)(C)C)cc1-c1ccccc1)c1c(oc4cc5c(cc14)C(C)(C)CCC5(C)C)B3n1c3ccc(C(C)(C)C)cc3c3cc(C(C)(C)C)cc-2c31. The Kier molecular flexibility index (Phi) is 8.21. The lowest BCUT2D eigenvalue weighted by molar-refractivity contribution is 0.332. The number of aromatic nitrogens is 1. The smallest absolute Gasteiger partial charge is 0.375 e. The molecule has 3 aliphatic rings. The van der Waals surface area contributed by atoms with Crippen LogP contribution in [0, 0.1) is 6.92 Å². The number of hydrogen-bond donors (Lipinski definition) is 0. The molecule has 2 aromatic heterocycles. The van der Waals surface area contributed by atoms with Gasteiger partial charge in [-0.3, -0.25) is 0 Å². The van der Waals surface area contributed by atoms with Crippen LogP contribution >= 0.6 is 0 Å². The lowest BCUT2D eigenvalue weighted by atomic mass is 9.47. The maximum absolute atomic E-state index is 7.63. The molecular formula is C59H63BN2O. The van der Waals surface area contributed by atoms with E-state index >= 15 is 0 Å². The number of fused-ring (bicyclic) bond motifs is 10. The molecule has 0 fully saturated rings. The van der Waals surface area contributed by atoms with Crippen LogP contribution < -0.4 is 16.0 Å². The summed E-state index contributed by atoms with van der Waals surface area (Å²) in [5.74, 6) is 0. The van der Waals surface area contributed by atoms with Crippen LogP contribution in [0.25, 0.3) is 55.0 Å².